The minimum absolute atomic E-state index is 0.171. The molecule has 1 saturated heterocycles. The zero-order valence-electron chi connectivity index (χ0n) is 16.6. The summed E-state index contributed by atoms with van der Waals surface area (Å²) in [7, 11) is 0. The molecule has 1 amide bonds. The normalized spacial score (nSPS) is 22.7. The summed E-state index contributed by atoms with van der Waals surface area (Å²) in [5.74, 6) is -0.0262. The van der Waals surface area contributed by atoms with Gasteiger partial charge in [-0.05, 0) is 54.7 Å². The second-order valence-electron chi connectivity index (χ2n) is 8.61. The summed E-state index contributed by atoms with van der Waals surface area (Å²) < 4.78 is 5.20. The van der Waals surface area contributed by atoms with Crippen LogP contribution < -0.4 is 11.1 Å². The predicted molar refractivity (Wildman–Crippen MR) is 114 cm³/mol. The summed E-state index contributed by atoms with van der Waals surface area (Å²) in [6.45, 7) is 1.21. The molecule has 1 saturated carbocycles. The SMILES string of the molecule is O=C(O)N1CCC2(CC1)CC(Nc1ccc3[nH]c(=O)oc3c1)C2Cc1ccccc1. The van der Waals surface area contributed by atoms with E-state index in [1.54, 1.807) is 0 Å². The topological polar surface area (TPSA) is 98.6 Å². The number of benzene rings is 2. The van der Waals surface area contributed by atoms with E-state index < -0.39 is 11.8 Å². The van der Waals surface area contributed by atoms with Crippen molar-refractivity contribution in [2.45, 2.75) is 31.7 Å². The third kappa shape index (κ3) is 3.34. The van der Waals surface area contributed by atoms with Gasteiger partial charge < -0.3 is 19.7 Å². The first-order valence-electron chi connectivity index (χ1n) is 10.4. The number of nitrogens with zero attached hydrogens (tertiary/aromatic N) is 1. The Morgan fingerprint density at radius 3 is 2.70 bits per heavy atom. The molecule has 156 valence electrons. The molecule has 0 radical (unpaired) electrons. The van der Waals surface area contributed by atoms with Gasteiger partial charge in [-0.15, -0.1) is 0 Å². The third-order valence-electron chi connectivity index (χ3n) is 7.00. The summed E-state index contributed by atoms with van der Waals surface area (Å²) in [5.41, 5.74) is 3.66. The Morgan fingerprint density at radius 1 is 1.20 bits per heavy atom. The number of aromatic amines is 1. The molecule has 7 nitrogen and oxygen atoms in total. The number of nitrogens with one attached hydrogen (secondary N) is 2. The van der Waals surface area contributed by atoms with Gasteiger partial charge in [-0.3, -0.25) is 4.98 Å². The lowest BCUT2D eigenvalue weighted by Crippen LogP contribution is -2.60. The fourth-order valence-corrected chi connectivity index (χ4v) is 5.34. The van der Waals surface area contributed by atoms with Crippen molar-refractivity contribution in [3.8, 4) is 0 Å². The lowest BCUT2D eigenvalue weighted by atomic mass is 9.51. The smallest absolute Gasteiger partial charge is 0.417 e. The largest absolute Gasteiger partial charge is 0.465 e. The van der Waals surface area contributed by atoms with Crippen molar-refractivity contribution >= 4 is 22.9 Å². The first kappa shape index (κ1) is 18.8. The van der Waals surface area contributed by atoms with Crippen LogP contribution in [0.5, 0.6) is 0 Å². The fourth-order valence-electron chi connectivity index (χ4n) is 5.34. The van der Waals surface area contributed by atoms with E-state index in [0.717, 1.165) is 31.4 Å². The number of likely N-dealkylation sites (tertiary alicyclic amines) is 1. The molecule has 3 N–H and O–H groups in total. The molecule has 1 spiro atoms. The molecule has 1 aromatic heterocycles. The van der Waals surface area contributed by atoms with Gasteiger partial charge in [0.25, 0.3) is 0 Å². The van der Waals surface area contributed by atoms with E-state index in [4.69, 9.17) is 4.42 Å². The first-order valence-corrected chi connectivity index (χ1v) is 10.4. The number of amides is 1. The van der Waals surface area contributed by atoms with E-state index >= 15 is 0 Å². The number of oxazole rings is 1. The molecule has 5 rings (SSSR count). The number of carboxylic acid groups (broad SMARTS) is 1. The molecule has 2 fully saturated rings. The van der Waals surface area contributed by atoms with Gasteiger partial charge in [0.15, 0.2) is 5.58 Å². The number of aromatic nitrogens is 1. The van der Waals surface area contributed by atoms with Crippen LogP contribution in [0, 0.1) is 11.3 Å². The summed E-state index contributed by atoms with van der Waals surface area (Å²) >= 11 is 0. The summed E-state index contributed by atoms with van der Waals surface area (Å²) in [5, 5.41) is 13.0. The first-order chi connectivity index (χ1) is 14.5. The lowest BCUT2D eigenvalue weighted by molar-refractivity contribution is -0.0403. The van der Waals surface area contributed by atoms with Gasteiger partial charge in [0.2, 0.25) is 0 Å². The van der Waals surface area contributed by atoms with Crippen LogP contribution in [0.3, 0.4) is 0 Å². The summed E-state index contributed by atoms with van der Waals surface area (Å²) in [6, 6.07) is 16.5. The Bertz CT molecular complexity index is 1110. The van der Waals surface area contributed by atoms with Crippen LogP contribution in [0.4, 0.5) is 10.5 Å². The van der Waals surface area contributed by atoms with Gasteiger partial charge in [-0.25, -0.2) is 9.59 Å². The van der Waals surface area contributed by atoms with Crippen molar-refractivity contribution in [2.24, 2.45) is 11.3 Å². The van der Waals surface area contributed by atoms with Crippen molar-refractivity contribution < 1.29 is 14.3 Å². The van der Waals surface area contributed by atoms with Crippen LogP contribution in [-0.2, 0) is 6.42 Å². The molecule has 2 unspecified atom stereocenters. The number of piperidine rings is 1. The maximum Gasteiger partial charge on any atom is 0.417 e. The molecule has 2 aliphatic rings. The van der Waals surface area contributed by atoms with Crippen molar-refractivity contribution in [1.29, 1.82) is 0 Å². The highest BCUT2D eigenvalue weighted by molar-refractivity contribution is 5.76. The van der Waals surface area contributed by atoms with Crippen LogP contribution in [0.1, 0.15) is 24.8 Å². The van der Waals surface area contributed by atoms with Gasteiger partial charge in [-0.1, -0.05) is 30.3 Å². The number of hydrogen-bond acceptors (Lipinski definition) is 4. The highest BCUT2D eigenvalue weighted by Gasteiger charge is 2.54. The molecular weight excluding hydrogens is 382 g/mol. The number of anilines is 1. The van der Waals surface area contributed by atoms with Crippen molar-refractivity contribution in [3.63, 3.8) is 0 Å². The second kappa shape index (κ2) is 7.23. The highest BCUT2D eigenvalue weighted by atomic mass is 16.4. The van der Waals surface area contributed by atoms with Gasteiger partial charge >= 0.3 is 11.8 Å². The Balaban J connectivity index is 1.37. The highest BCUT2D eigenvalue weighted by Crippen LogP contribution is 2.55. The van der Waals surface area contributed by atoms with Crippen LogP contribution in [0.15, 0.2) is 57.7 Å². The molecule has 2 aromatic carbocycles. The molecule has 2 atom stereocenters. The van der Waals surface area contributed by atoms with E-state index in [2.05, 4.69) is 34.6 Å². The number of rotatable bonds is 4. The number of carbonyl (C=O) groups is 1. The Hall–Kier alpha value is -3.22. The fraction of sp³-hybridized carbons (Fsp3) is 0.391. The molecule has 0 bridgehead atoms. The molecule has 1 aliphatic heterocycles. The quantitative estimate of drug-likeness (QED) is 0.609. The standard InChI is InChI=1S/C23H25N3O4/c27-21-25-18-7-6-16(13-20(18)30-21)24-19-14-23(8-10-26(11-9-23)22(28)29)17(19)12-15-4-2-1-3-5-15/h1-7,13,17,19,24H,8-12,14H2,(H,25,27)(H,28,29). The van der Waals surface area contributed by atoms with E-state index in [-0.39, 0.29) is 5.41 Å². The molecular formula is C23H25N3O4. The average molecular weight is 407 g/mol. The molecule has 3 aromatic rings. The summed E-state index contributed by atoms with van der Waals surface area (Å²) in [4.78, 5) is 27.0. The van der Waals surface area contributed by atoms with Crippen molar-refractivity contribution in [3.05, 3.63) is 64.6 Å². The third-order valence-corrected chi connectivity index (χ3v) is 7.00. The van der Waals surface area contributed by atoms with E-state index in [0.29, 0.717) is 36.1 Å². The maximum absolute atomic E-state index is 11.4. The van der Waals surface area contributed by atoms with Gasteiger partial charge in [0.05, 0.1) is 5.52 Å². The van der Waals surface area contributed by atoms with Gasteiger partial charge in [0, 0.05) is 30.9 Å². The lowest BCUT2D eigenvalue weighted by Gasteiger charge is -2.59. The van der Waals surface area contributed by atoms with Gasteiger partial charge in [0.1, 0.15) is 0 Å². The van der Waals surface area contributed by atoms with E-state index in [9.17, 15) is 14.7 Å². The van der Waals surface area contributed by atoms with Crippen LogP contribution in [0.2, 0.25) is 0 Å². The average Bonchev–Trinajstić information content (AvgIpc) is 3.12. The number of fused-ring (bicyclic) bond motifs is 1. The van der Waals surface area contributed by atoms with Crippen LogP contribution >= 0.6 is 0 Å². The van der Waals surface area contributed by atoms with Crippen molar-refractivity contribution in [1.82, 2.24) is 9.88 Å². The Morgan fingerprint density at radius 2 is 1.97 bits per heavy atom. The molecule has 30 heavy (non-hydrogen) atoms. The van der Waals surface area contributed by atoms with Gasteiger partial charge in [-0.2, -0.15) is 0 Å². The zero-order chi connectivity index (χ0) is 20.7. The maximum atomic E-state index is 11.4. The number of hydrogen-bond donors (Lipinski definition) is 3. The Kier molecular flexibility index (Phi) is 4.53. The molecule has 1 aliphatic carbocycles. The van der Waals surface area contributed by atoms with E-state index in [1.165, 1.54) is 10.5 Å². The predicted octanol–water partition coefficient (Wildman–Crippen LogP) is 3.92. The summed E-state index contributed by atoms with van der Waals surface area (Å²) in [6.07, 6.45) is 2.97. The minimum Gasteiger partial charge on any atom is -0.465 e. The minimum atomic E-state index is -0.820. The second-order valence-corrected chi connectivity index (χ2v) is 8.61. The van der Waals surface area contributed by atoms with E-state index in [1.807, 2.05) is 24.3 Å². The molecule has 7 heteroatoms. The van der Waals surface area contributed by atoms with Crippen LogP contribution in [0.25, 0.3) is 11.1 Å². The van der Waals surface area contributed by atoms with Crippen LogP contribution in [-0.4, -0.2) is 40.2 Å². The van der Waals surface area contributed by atoms with Crippen molar-refractivity contribution in [2.75, 3.05) is 18.4 Å². The zero-order valence-corrected chi connectivity index (χ0v) is 16.6. The molecule has 2 heterocycles. The monoisotopic (exact) mass is 407 g/mol. The Labute approximate surface area is 173 Å². The number of H-pyrrole nitrogens is 1.